The van der Waals surface area contributed by atoms with Gasteiger partial charge in [-0.25, -0.2) is 0 Å². The van der Waals surface area contributed by atoms with Crippen molar-refractivity contribution in [3.8, 4) is 0 Å². The molecular formula is C91H220. The smallest absolute Gasteiger partial charge is 0.0326 e. The Morgan fingerprint density at radius 1 is 0.407 bits per heavy atom. The highest BCUT2D eigenvalue weighted by Gasteiger charge is 2.41. The summed E-state index contributed by atoms with van der Waals surface area (Å²) in [7, 11) is 0. The Labute approximate surface area is 600 Å². The molecule has 7 fully saturated rings. The molecule has 0 aromatic carbocycles. The summed E-state index contributed by atoms with van der Waals surface area (Å²) in [6.07, 6.45) is 32.5. The van der Waals surface area contributed by atoms with Gasteiger partial charge in [0.15, 0.2) is 0 Å². The van der Waals surface area contributed by atoms with Crippen molar-refractivity contribution in [2.24, 2.45) is 110 Å². The van der Waals surface area contributed by atoms with E-state index in [1.807, 2.05) is 0 Å². The normalized spacial score (nSPS) is 19.8. The van der Waals surface area contributed by atoms with Gasteiger partial charge >= 0.3 is 0 Å². The average Bonchev–Trinajstić information content (AvgIpc) is 4.16. The molecule has 0 amide bonds. The Balaban J connectivity index is -0.0000000359. The molecule has 0 N–H and O–H groups in total. The molecule has 0 aliphatic heterocycles. The molecule has 7 aliphatic rings. The lowest BCUT2D eigenvalue weighted by molar-refractivity contribution is 0.397. The van der Waals surface area contributed by atoms with Crippen LogP contribution < -0.4 is 0 Å². The SMILES string of the molecule is C.C.C.C.C.C.C.C.C.C.C.C.C.CC(C)C(C)C.CC(C)C1CC1.CC1C(C)C1C.CCC(C)(C)C.CCC(C)(C)C.CCC(C)CC.CCC(C)CC.CCC1(C)CC1.CCC1(C)CC1.CCC1C[C@@H]1C.CCCC(C)C.CCCC1CC1.C[C@H]1CC1(C)C. The Morgan fingerprint density at radius 2 is 0.648 bits per heavy atom. The molecule has 0 radical (unpaired) electrons. The Kier molecular flexibility index (Phi) is 123. The van der Waals surface area contributed by atoms with E-state index in [-0.39, 0.29) is 96.5 Å². The summed E-state index contributed by atoms with van der Waals surface area (Å²) in [4.78, 5) is 0. The molecule has 3 atom stereocenters. The largest absolute Gasteiger partial charge is 0.0776 e. The first-order valence-electron chi connectivity index (χ1n) is 35.6. The third kappa shape index (κ3) is 118. The average molecular weight is 1310 g/mol. The zero-order valence-corrected chi connectivity index (χ0v) is 62.8. The molecule has 91 heavy (non-hydrogen) atoms. The van der Waals surface area contributed by atoms with E-state index in [4.69, 9.17) is 0 Å². The van der Waals surface area contributed by atoms with Gasteiger partial charge in [0.25, 0.3) is 0 Å². The van der Waals surface area contributed by atoms with Gasteiger partial charge in [-0.05, 0) is 161 Å². The molecule has 7 aliphatic carbocycles. The van der Waals surface area contributed by atoms with Crippen LogP contribution in [-0.4, -0.2) is 0 Å². The molecule has 0 heteroatoms. The van der Waals surface area contributed by atoms with E-state index in [1.165, 1.54) is 148 Å². The Hall–Kier alpha value is 0. The lowest BCUT2D eigenvalue weighted by Gasteiger charge is -2.12. The van der Waals surface area contributed by atoms with Gasteiger partial charge in [-0.3, -0.25) is 0 Å². The second kappa shape index (κ2) is 79.0. The zero-order valence-electron chi connectivity index (χ0n) is 62.8. The minimum atomic E-state index is 0. The minimum Gasteiger partial charge on any atom is -0.0776 e. The second-order valence-electron chi connectivity index (χ2n) is 32.5. The van der Waals surface area contributed by atoms with E-state index in [0.29, 0.717) is 16.2 Å². The molecular weight excluding hydrogens is 1090 g/mol. The first-order chi connectivity index (χ1) is 35.6. The quantitative estimate of drug-likeness (QED) is 0.172. The monoisotopic (exact) mass is 1310 g/mol. The highest BCUT2D eigenvalue weighted by atomic mass is 14.5. The van der Waals surface area contributed by atoms with Gasteiger partial charge in [-0.15, -0.1) is 0 Å². The van der Waals surface area contributed by atoms with Gasteiger partial charge in [-0.1, -0.05) is 442 Å². The maximum absolute atomic E-state index is 2.35. The van der Waals surface area contributed by atoms with Crippen LogP contribution in [0.3, 0.4) is 0 Å². The van der Waals surface area contributed by atoms with E-state index >= 15 is 0 Å². The van der Waals surface area contributed by atoms with Crippen LogP contribution in [0, 0.1) is 110 Å². The van der Waals surface area contributed by atoms with Crippen LogP contribution in [0.15, 0.2) is 0 Å². The van der Waals surface area contributed by atoms with Crippen LogP contribution in [0.2, 0.25) is 0 Å². The van der Waals surface area contributed by atoms with Crippen LogP contribution in [0.5, 0.6) is 0 Å². The predicted molar refractivity (Wildman–Crippen MR) is 459 cm³/mol. The van der Waals surface area contributed by atoms with E-state index in [9.17, 15) is 0 Å². The topological polar surface area (TPSA) is 0 Å². The number of hydrogen-bond acceptors (Lipinski definition) is 0. The van der Waals surface area contributed by atoms with E-state index in [1.54, 1.807) is 0 Å². The summed E-state index contributed by atoms with van der Waals surface area (Å²) >= 11 is 0. The van der Waals surface area contributed by atoms with Gasteiger partial charge in [0.2, 0.25) is 0 Å². The van der Waals surface area contributed by atoms with E-state index in [2.05, 4.69) is 249 Å². The van der Waals surface area contributed by atoms with E-state index in [0.717, 1.165) is 93.7 Å². The summed E-state index contributed by atoms with van der Waals surface area (Å²) in [5, 5.41) is 0. The molecule has 0 aromatic rings. The van der Waals surface area contributed by atoms with Crippen molar-refractivity contribution in [3.05, 3.63) is 0 Å². The van der Waals surface area contributed by atoms with Crippen LogP contribution in [0.1, 0.15) is 493 Å². The van der Waals surface area contributed by atoms with Crippen molar-refractivity contribution in [3.63, 3.8) is 0 Å². The van der Waals surface area contributed by atoms with Gasteiger partial charge in [0, 0.05) is 0 Å². The molecule has 0 aromatic heterocycles. The summed E-state index contributed by atoms with van der Waals surface area (Å²) in [6, 6.07) is 0. The molecule has 0 heterocycles. The molecule has 0 saturated heterocycles. The second-order valence-corrected chi connectivity index (χ2v) is 32.5. The summed E-state index contributed by atoms with van der Waals surface area (Å²) in [5.74, 6) is 13.9. The fourth-order valence-corrected chi connectivity index (χ4v) is 6.48. The molecule has 0 spiro atoms. The summed E-state index contributed by atoms with van der Waals surface area (Å²) in [5.41, 5.74) is 3.38. The van der Waals surface area contributed by atoms with Crippen LogP contribution >= 0.6 is 0 Å². The lowest BCUT2D eigenvalue weighted by Crippen LogP contribution is -2.00. The number of rotatable bonds is 13. The van der Waals surface area contributed by atoms with Gasteiger partial charge in [0.05, 0.1) is 0 Å². The summed E-state index contributed by atoms with van der Waals surface area (Å²) < 4.78 is 0. The third-order valence-electron chi connectivity index (χ3n) is 20.1. The van der Waals surface area contributed by atoms with Crippen LogP contribution in [0.4, 0.5) is 0 Å². The number of hydrogen-bond donors (Lipinski definition) is 0. The van der Waals surface area contributed by atoms with Crippen molar-refractivity contribution in [1.82, 2.24) is 0 Å². The van der Waals surface area contributed by atoms with Gasteiger partial charge < -0.3 is 0 Å². The van der Waals surface area contributed by atoms with Crippen molar-refractivity contribution in [1.29, 1.82) is 0 Å². The standard InChI is InChI=1S/7C6H12.6C6H14.13CH4/c1-5-4-6(5,2)3;1-5(2)6-3-4-6;1-4-5(2)6(4)3;2*1-3-6(2)4-5-6;1-3-6-4-5(6)2;1-2-3-6-4-5-6;2*1-5-6(2,3)4;1-5(2)6(3)4;1-4-5-6(2)3;2*1-4-6(3)5-2;;;;;;;;;;;;;/h5H,4H2,1-3H3;5-6H,3-4H2,1-2H3;4-6H,1-3H3;2*3-5H2,1-2H3;5-6H,3-4H2,1-2H3;6H,2-5H2,1H3;2*5H2,1-4H3;5-6H,1-4H3;3*6H,4-5H2,1-3H3;13*1H4/t5-;;;;;5-,6?;;;;;;;;;;;;;;;;;;;;/m0....0..................../s1. The molecule has 0 nitrogen and oxygen atoms in total. The van der Waals surface area contributed by atoms with Gasteiger partial charge in [0.1, 0.15) is 0 Å². The predicted octanol–water partition coefficient (Wildman–Crippen LogP) is 37.4. The highest BCUT2D eigenvalue weighted by Crippen LogP contribution is 2.51. The first-order valence-corrected chi connectivity index (χ1v) is 35.6. The van der Waals surface area contributed by atoms with E-state index < -0.39 is 0 Å². The zero-order chi connectivity index (χ0) is 62.8. The maximum atomic E-state index is 2.35. The molecule has 584 valence electrons. The summed E-state index contributed by atoms with van der Waals surface area (Å²) in [6.45, 7) is 81.6. The van der Waals surface area contributed by atoms with Gasteiger partial charge in [-0.2, -0.15) is 0 Å². The van der Waals surface area contributed by atoms with Crippen molar-refractivity contribution < 1.29 is 0 Å². The first kappa shape index (κ1) is 142. The molecule has 7 saturated carbocycles. The molecule has 1 unspecified atom stereocenters. The third-order valence-corrected chi connectivity index (χ3v) is 20.1. The fourth-order valence-electron chi connectivity index (χ4n) is 6.48. The minimum absolute atomic E-state index is 0. The van der Waals surface area contributed by atoms with Crippen molar-refractivity contribution in [2.75, 3.05) is 0 Å². The van der Waals surface area contributed by atoms with Crippen LogP contribution in [0.25, 0.3) is 0 Å². The van der Waals surface area contributed by atoms with Crippen molar-refractivity contribution in [2.45, 2.75) is 493 Å². The maximum Gasteiger partial charge on any atom is -0.0326 e. The molecule has 7 rings (SSSR count). The molecule has 0 bridgehead atoms. The Bertz CT molecular complexity index is 1070. The lowest BCUT2D eigenvalue weighted by atomic mass is 9.94. The van der Waals surface area contributed by atoms with Crippen LogP contribution in [-0.2, 0) is 0 Å². The van der Waals surface area contributed by atoms with Crippen molar-refractivity contribution >= 4 is 0 Å². The fraction of sp³-hybridized carbons (Fsp3) is 1.00. The highest BCUT2D eigenvalue weighted by molar-refractivity contribution is 4.91. The Morgan fingerprint density at radius 3 is 0.659 bits per heavy atom.